The normalized spacial score (nSPS) is 14.2. The number of aromatic nitrogens is 2. The first-order valence-electron chi connectivity index (χ1n) is 5.73. The fourth-order valence-electron chi connectivity index (χ4n) is 1.68. The van der Waals surface area contributed by atoms with Crippen LogP contribution in [-0.2, 0) is 7.05 Å². The van der Waals surface area contributed by atoms with Gasteiger partial charge in [-0.3, -0.25) is 4.68 Å². The molecule has 0 aliphatic rings. The number of nitrogens with two attached hydrogens (primary N) is 1. The Kier molecular flexibility index (Phi) is 3.89. The summed E-state index contributed by atoms with van der Waals surface area (Å²) in [6, 6.07) is 8.89. The molecule has 0 aliphatic heterocycles. The lowest BCUT2D eigenvalue weighted by Crippen LogP contribution is -2.29. The van der Waals surface area contributed by atoms with Crippen LogP contribution in [0, 0.1) is 0 Å². The summed E-state index contributed by atoms with van der Waals surface area (Å²) in [5.74, 6) is 0.710. The van der Waals surface area contributed by atoms with E-state index in [1.54, 1.807) is 16.8 Å². The molecular weight excluding hydrogens is 250 g/mol. The number of ether oxygens (including phenoxy) is 1. The lowest BCUT2D eigenvalue weighted by atomic mass is 10.1. The first kappa shape index (κ1) is 12.9. The van der Waals surface area contributed by atoms with Crippen molar-refractivity contribution in [2.75, 3.05) is 0 Å². The molecule has 96 valence electrons. The summed E-state index contributed by atoms with van der Waals surface area (Å²) < 4.78 is 7.49. The van der Waals surface area contributed by atoms with E-state index >= 15 is 0 Å². The van der Waals surface area contributed by atoms with E-state index in [9.17, 15) is 0 Å². The molecule has 0 fully saturated rings. The molecule has 0 spiro atoms. The van der Waals surface area contributed by atoms with Gasteiger partial charge in [0.2, 0.25) is 0 Å². The van der Waals surface area contributed by atoms with Gasteiger partial charge in [-0.1, -0.05) is 17.7 Å². The summed E-state index contributed by atoms with van der Waals surface area (Å²) in [6.07, 6.45) is 1.68. The van der Waals surface area contributed by atoms with Crippen molar-refractivity contribution in [1.82, 2.24) is 9.78 Å². The first-order valence-corrected chi connectivity index (χ1v) is 6.11. The zero-order valence-electron chi connectivity index (χ0n) is 10.4. The number of nitrogens with zero attached hydrogens (tertiary/aromatic N) is 2. The lowest BCUT2D eigenvalue weighted by Gasteiger charge is -2.20. The average Bonchev–Trinajstić information content (AvgIpc) is 2.75. The molecular formula is C13H16ClN3O. The molecule has 4 nitrogen and oxygen atoms in total. The largest absolute Gasteiger partial charge is 0.489 e. The van der Waals surface area contributed by atoms with Crippen LogP contribution in [0.1, 0.15) is 18.7 Å². The zero-order valence-corrected chi connectivity index (χ0v) is 11.1. The number of halogens is 1. The van der Waals surface area contributed by atoms with Crippen LogP contribution in [0.3, 0.4) is 0 Å². The van der Waals surface area contributed by atoms with Crippen LogP contribution < -0.4 is 10.5 Å². The number of hydrogen-bond donors (Lipinski definition) is 1. The number of aryl methyl sites for hydroxylation is 1. The van der Waals surface area contributed by atoms with Gasteiger partial charge in [0.15, 0.2) is 0 Å². The van der Waals surface area contributed by atoms with Crippen molar-refractivity contribution in [3.63, 3.8) is 0 Å². The van der Waals surface area contributed by atoms with E-state index in [2.05, 4.69) is 5.10 Å². The highest BCUT2D eigenvalue weighted by Gasteiger charge is 2.18. The number of hydrogen-bond acceptors (Lipinski definition) is 3. The molecule has 2 N–H and O–H groups in total. The smallest absolute Gasteiger partial charge is 0.121 e. The maximum Gasteiger partial charge on any atom is 0.121 e. The summed E-state index contributed by atoms with van der Waals surface area (Å²) in [4.78, 5) is 0. The van der Waals surface area contributed by atoms with Gasteiger partial charge in [-0.05, 0) is 31.2 Å². The topological polar surface area (TPSA) is 53.1 Å². The van der Waals surface area contributed by atoms with E-state index < -0.39 is 0 Å². The van der Waals surface area contributed by atoms with Crippen molar-refractivity contribution in [3.8, 4) is 5.75 Å². The van der Waals surface area contributed by atoms with Crippen molar-refractivity contribution in [3.05, 3.63) is 47.2 Å². The van der Waals surface area contributed by atoms with Crippen molar-refractivity contribution < 1.29 is 4.74 Å². The highest BCUT2D eigenvalue weighted by Crippen LogP contribution is 2.21. The molecule has 2 rings (SSSR count). The molecule has 2 atom stereocenters. The second-order valence-electron chi connectivity index (χ2n) is 4.22. The van der Waals surface area contributed by atoms with E-state index in [1.807, 2.05) is 38.4 Å². The van der Waals surface area contributed by atoms with Gasteiger partial charge in [-0.2, -0.15) is 5.10 Å². The predicted molar refractivity (Wildman–Crippen MR) is 71.7 cm³/mol. The molecule has 0 amide bonds. The van der Waals surface area contributed by atoms with Crippen LogP contribution in [0.2, 0.25) is 5.02 Å². The van der Waals surface area contributed by atoms with Gasteiger partial charge in [-0.15, -0.1) is 0 Å². The molecule has 2 unspecified atom stereocenters. The van der Waals surface area contributed by atoms with Crippen molar-refractivity contribution >= 4 is 11.6 Å². The summed E-state index contributed by atoms with van der Waals surface area (Å²) in [6.45, 7) is 1.92. The Bertz CT molecular complexity index is 526. The molecule has 0 radical (unpaired) electrons. The predicted octanol–water partition coefficient (Wildman–Crippen LogP) is 2.54. The summed E-state index contributed by atoms with van der Waals surface area (Å²) in [5, 5.41) is 4.92. The van der Waals surface area contributed by atoms with Gasteiger partial charge in [-0.25, -0.2) is 0 Å². The minimum atomic E-state index is -0.273. The fourth-order valence-corrected chi connectivity index (χ4v) is 1.86. The Hall–Kier alpha value is -1.52. The molecule has 18 heavy (non-hydrogen) atoms. The van der Waals surface area contributed by atoms with Crippen molar-refractivity contribution in [2.45, 2.75) is 19.1 Å². The highest BCUT2D eigenvalue weighted by molar-refractivity contribution is 6.30. The number of benzene rings is 1. The van der Waals surface area contributed by atoms with Gasteiger partial charge in [0.05, 0.1) is 11.7 Å². The summed E-state index contributed by atoms with van der Waals surface area (Å²) in [7, 11) is 1.86. The standard InChI is InChI=1S/C13H16ClN3O/c1-9(13(15)12-6-7-17(2)16-12)18-11-5-3-4-10(14)8-11/h3-9,13H,15H2,1-2H3. The Balaban J connectivity index is 2.05. The average molecular weight is 266 g/mol. The third-order valence-electron chi connectivity index (χ3n) is 2.70. The van der Waals surface area contributed by atoms with Crippen LogP contribution in [0.4, 0.5) is 0 Å². The van der Waals surface area contributed by atoms with Crippen molar-refractivity contribution in [1.29, 1.82) is 0 Å². The molecule has 5 heteroatoms. The highest BCUT2D eigenvalue weighted by atomic mass is 35.5. The van der Waals surface area contributed by atoms with Gasteiger partial charge in [0, 0.05) is 18.3 Å². The first-order chi connectivity index (χ1) is 8.56. The molecule has 1 aromatic heterocycles. The Morgan fingerprint density at radius 1 is 1.39 bits per heavy atom. The summed E-state index contributed by atoms with van der Waals surface area (Å²) >= 11 is 5.90. The minimum absolute atomic E-state index is 0.182. The molecule has 0 saturated heterocycles. The maximum atomic E-state index is 6.10. The lowest BCUT2D eigenvalue weighted by molar-refractivity contribution is 0.188. The third kappa shape index (κ3) is 3.03. The van der Waals surface area contributed by atoms with Gasteiger partial charge >= 0.3 is 0 Å². The van der Waals surface area contributed by atoms with Crippen molar-refractivity contribution in [2.24, 2.45) is 12.8 Å². The van der Waals surface area contributed by atoms with E-state index in [1.165, 1.54) is 0 Å². The second kappa shape index (κ2) is 5.42. The third-order valence-corrected chi connectivity index (χ3v) is 2.93. The van der Waals surface area contributed by atoms with Gasteiger partial charge < -0.3 is 10.5 Å². The monoisotopic (exact) mass is 265 g/mol. The van der Waals surface area contributed by atoms with E-state index in [0.717, 1.165) is 5.69 Å². The fraction of sp³-hybridized carbons (Fsp3) is 0.308. The number of rotatable bonds is 4. The molecule has 0 saturated carbocycles. The Morgan fingerprint density at radius 3 is 2.78 bits per heavy atom. The Morgan fingerprint density at radius 2 is 2.17 bits per heavy atom. The SMILES string of the molecule is CC(Oc1cccc(Cl)c1)C(N)c1ccn(C)n1. The van der Waals surface area contributed by atoms with Gasteiger partial charge in [0.1, 0.15) is 11.9 Å². The summed E-state index contributed by atoms with van der Waals surface area (Å²) in [5.41, 5.74) is 6.92. The second-order valence-corrected chi connectivity index (χ2v) is 4.66. The van der Waals surface area contributed by atoms with Crippen LogP contribution in [0.25, 0.3) is 0 Å². The molecule has 1 heterocycles. The van der Waals surface area contributed by atoms with E-state index in [-0.39, 0.29) is 12.1 Å². The van der Waals surface area contributed by atoms with Crippen LogP contribution in [0.15, 0.2) is 36.5 Å². The van der Waals surface area contributed by atoms with Crippen LogP contribution in [-0.4, -0.2) is 15.9 Å². The van der Waals surface area contributed by atoms with E-state index in [4.69, 9.17) is 22.1 Å². The van der Waals surface area contributed by atoms with E-state index in [0.29, 0.717) is 10.8 Å². The minimum Gasteiger partial charge on any atom is -0.489 e. The van der Waals surface area contributed by atoms with Crippen LogP contribution >= 0.6 is 11.6 Å². The quantitative estimate of drug-likeness (QED) is 0.924. The van der Waals surface area contributed by atoms with Gasteiger partial charge in [0.25, 0.3) is 0 Å². The molecule has 2 aromatic rings. The zero-order chi connectivity index (χ0) is 13.1. The molecule has 1 aromatic carbocycles. The van der Waals surface area contributed by atoms with Crippen LogP contribution in [0.5, 0.6) is 5.75 Å². The maximum absolute atomic E-state index is 6.10. The Labute approximate surface area is 111 Å². The molecule has 0 bridgehead atoms. The molecule has 0 aliphatic carbocycles.